The number of amides is 1. The van der Waals surface area contributed by atoms with Crippen LogP contribution in [0.4, 0.5) is 0 Å². The number of carbonyl (C=O) groups is 1. The molecule has 0 aromatic carbocycles. The highest BCUT2D eigenvalue weighted by molar-refractivity contribution is 5.82. The average molecular weight is 242 g/mol. The van der Waals surface area contributed by atoms with Gasteiger partial charge < -0.3 is 16.4 Å². The van der Waals surface area contributed by atoms with Gasteiger partial charge in [0.2, 0.25) is 5.91 Å². The molecule has 0 spiro atoms. The van der Waals surface area contributed by atoms with Crippen molar-refractivity contribution >= 4 is 11.9 Å². The molecule has 0 aliphatic carbocycles. The molecule has 0 saturated heterocycles. The lowest BCUT2D eigenvalue weighted by molar-refractivity contribution is -0.125. The fraction of sp³-hybridized carbons (Fsp3) is 0.833. The lowest BCUT2D eigenvalue weighted by atomic mass is 9.93. The first-order valence-corrected chi connectivity index (χ1v) is 6.11. The SMILES string of the molecule is CCNC(=NCC(C)(C)C(N)=O)NCC(C)C. The Morgan fingerprint density at radius 1 is 1.35 bits per heavy atom. The molecule has 0 atom stereocenters. The van der Waals surface area contributed by atoms with Gasteiger partial charge in [0.25, 0.3) is 0 Å². The van der Waals surface area contributed by atoms with Crippen LogP contribution in [0.2, 0.25) is 0 Å². The second-order valence-corrected chi connectivity index (χ2v) is 5.22. The van der Waals surface area contributed by atoms with Crippen molar-refractivity contribution in [2.45, 2.75) is 34.6 Å². The monoisotopic (exact) mass is 242 g/mol. The molecule has 0 bridgehead atoms. The van der Waals surface area contributed by atoms with Crippen molar-refractivity contribution in [3.05, 3.63) is 0 Å². The summed E-state index contributed by atoms with van der Waals surface area (Å²) < 4.78 is 0. The van der Waals surface area contributed by atoms with Gasteiger partial charge in [0.15, 0.2) is 5.96 Å². The minimum Gasteiger partial charge on any atom is -0.369 e. The third kappa shape index (κ3) is 6.81. The van der Waals surface area contributed by atoms with Crippen molar-refractivity contribution < 1.29 is 4.79 Å². The van der Waals surface area contributed by atoms with E-state index in [2.05, 4.69) is 29.5 Å². The summed E-state index contributed by atoms with van der Waals surface area (Å²) in [5, 5.41) is 6.35. The van der Waals surface area contributed by atoms with E-state index in [1.54, 1.807) is 13.8 Å². The number of hydrogen-bond acceptors (Lipinski definition) is 2. The summed E-state index contributed by atoms with van der Waals surface area (Å²) >= 11 is 0. The maximum atomic E-state index is 11.2. The van der Waals surface area contributed by atoms with Gasteiger partial charge in [-0.1, -0.05) is 13.8 Å². The lowest BCUT2D eigenvalue weighted by Gasteiger charge is -2.19. The molecule has 0 aromatic rings. The Kier molecular flexibility index (Phi) is 6.61. The molecule has 100 valence electrons. The Bertz CT molecular complexity index is 272. The Morgan fingerprint density at radius 2 is 1.94 bits per heavy atom. The van der Waals surface area contributed by atoms with Gasteiger partial charge in [-0.05, 0) is 26.7 Å². The fourth-order valence-corrected chi connectivity index (χ4v) is 0.997. The number of guanidine groups is 1. The highest BCUT2D eigenvalue weighted by Crippen LogP contribution is 2.13. The van der Waals surface area contributed by atoms with Crippen molar-refractivity contribution in [1.82, 2.24) is 10.6 Å². The zero-order valence-electron chi connectivity index (χ0n) is 11.6. The molecule has 5 heteroatoms. The lowest BCUT2D eigenvalue weighted by Crippen LogP contribution is -2.41. The van der Waals surface area contributed by atoms with E-state index >= 15 is 0 Å². The highest BCUT2D eigenvalue weighted by Gasteiger charge is 2.24. The van der Waals surface area contributed by atoms with Crippen LogP contribution in [0.15, 0.2) is 4.99 Å². The van der Waals surface area contributed by atoms with Crippen LogP contribution in [0.3, 0.4) is 0 Å². The molecule has 0 aliphatic rings. The van der Waals surface area contributed by atoms with E-state index < -0.39 is 5.41 Å². The Hall–Kier alpha value is -1.26. The molecule has 0 radical (unpaired) electrons. The largest absolute Gasteiger partial charge is 0.369 e. The average Bonchev–Trinajstić information content (AvgIpc) is 2.21. The second kappa shape index (κ2) is 7.14. The summed E-state index contributed by atoms with van der Waals surface area (Å²) in [4.78, 5) is 15.5. The molecule has 0 heterocycles. The normalized spacial score (nSPS) is 12.7. The first-order valence-electron chi connectivity index (χ1n) is 6.11. The molecule has 17 heavy (non-hydrogen) atoms. The number of nitrogens with one attached hydrogen (secondary N) is 2. The van der Waals surface area contributed by atoms with Gasteiger partial charge in [-0.15, -0.1) is 0 Å². The van der Waals surface area contributed by atoms with Gasteiger partial charge in [-0.2, -0.15) is 0 Å². The van der Waals surface area contributed by atoms with Gasteiger partial charge >= 0.3 is 0 Å². The molecule has 1 amide bonds. The molecule has 0 rings (SSSR count). The number of hydrogen-bond donors (Lipinski definition) is 3. The summed E-state index contributed by atoms with van der Waals surface area (Å²) in [6, 6.07) is 0. The molecule has 4 N–H and O–H groups in total. The molecule has 0 fully saturated rings. The van der Waals surface area contributed by atoms with Crippen LogP contribution in [0.5, 0.6) is 0 Å². The number of primary amides is 1. The van der Waals surface area contributed by atoms with Gasteiger partial charge in [0.1, 0.15) is 0 Å². The number of nitrogens with two attached hydrogens (primary N) is 1. The quantitative estimate of drug-likeness (QED) is 0.474. The number of nitrogens with zero attached hydrogens (tertiary/aromatic N) is 1. The third-order valence-corrected chi connectivity index (χ3v) is 2.32. The van der Waals surface area contributed by atoms with E-state index in [1.807, 2.05) is 6.92 Å². The number of rotatable bonds is 6. The maximum Gasteiger partial charge on any atom is 0.224 e. The minimum atomic E-state index is -0.611. The van der Waals surface area contributed by atoms with Gasteiger partial charge in [-0.25, -0.2) is 0 Å². The fourth-order valence-electron chi connectivity index (χ4n) is 0.997. The highest BCUT2D eigenvalue weighted by atomic mass is 16.1. The number of carbonyl (C=O) groups excluding carboxylic acids is 1. The minimum absolute atomic E-state index is 0.332. The zero-order valence-corrected chi connectivity index (χ0v) is 11.6. The van der Waals surface area contributed by atoms with E-state index in [1.165, 1.54) is 0 Å². The topological polar surface area (TPSA) is 79.5 Å². The zero-order chi connectivity index (χ0) is 13.5. The Balaban J connectivity index is 4.43. The van der Waals surface area contributed by atoms with Crippen LogP contribution in [0, 0.1) is 11.3 Å². The van der Waals surface area contributed by atoms with Gasteiger partial charge in [0.05, 0.1) is 12.0 Å². The van der Waals surface area contributed by atoms with E-state index in [0.29, 0.717) is 12.5 Å². The van der Waals surface area contributed by atoms with E-state index in [-0.39, 0.29) is 5.91 Å². The molecular formula is C12H26N4O. The van der Waals surface area contributed by atoms with E-state index in [9.17, 15) is 4.79 Å². The van der Waals surface area contributed by atoms with Crippen molar-refractivity contribution in [3.63, 3.8) is 0 Å². The third-order valence-electron chi connectivity index (χ3n) is 2.32. The summed E-state index contributed by atoms with van der Waals surface area (Å²) in [7, 11) is 0. The van der Waals surface area contributed by atoms with Crippen LogP contribution in [0.1, 0.15) is 34.6 Å². The summed E-state index contributed by atoms with van der Waals surface area (Å²) in [5.41, 5.74) is 4.69. The van der Waals surface area contributed by atoms with Crippen LogP contribution in [-0.2, 0) is 4.79 Å². The molecule has 0 aliphatic heterocycles. The molecule has 0 aromatic heterocycles. The Labute approximate surface area is 104 Å². The van der Waals surface area contributed by atoms with Gasteiger partial charge in [-0.3, -0.25) is 9.79 Å². The standard InChI is InChI=1S/C12H26N4O/c1-6-14-11(15-7-9(2)3)16-8-12(4,5)10(13)17/h9H,6-8H2,1-5H3,(H2,13,17)(H2,14,15,16). The smallest absolute Gasteiger partial charge is 0.224 e. The van der Waals surface area contributed by atoms with E-state index in [4.69, 9.17) is 5.73 Å². The van der Waals surface area contributed by atoms with Crippen LogP contribution in [-0.4, -0.2) is 31.5 Å². The summed E-state index contributed by atoms with van der Waals surface area (Å²) in [6.07, 6.45) is 0. The summed E-state index contributed by atoms with van der Waals surface area (Å²) in [6.45, 7) is 11.9. The predicted octanol–water partition coefficient (Wildman–Crippen LogP) is 0.709. The molecule has 5 nitrogen and oxygen atoms in total. The first-order chi connectivity index (χ1) is 7.79. The first kappa shape index (κ1) is 15.7. The summed E-state index contributed by atoms with van der Waals surface area (Å²) in [5.74, 6) is 0.944. The van der Waals surface area contributed by atoms with Crippen molar-refractivity contribution in [3.8, 4) is 0 Å². The molecule has 0 saturated carbocycles. The van der Waals surface area contributed by atoms with Gasteiger partial charge in [0, 0.05) is 13.1 Å². The maximum absolute atomic E-state index is 11.2. The molecule has 0 unspecified atom stereocenters. The van der Waals surface area contributed by atoms with Crippen LogP contribution >= 0.6 is 0 Å². The molecular weight excluding hydrogens is 216 g/mol. The van der Waals surface area contributed by atoms with Crippen molar-refractivity contribution in [1.29, 1.82) is 0 Å². The van der Waals surface area contributed by atoms with Crippen LogP contribution < -0.4 is 16.4 Å². The predicted molar refractivity (Wildman–Crippen MR) is 71.8 cm³/mol. The Morgan fingerprint density at radius 3 is 2.35 bits per heavy atom. The second-order valence-electron chi connectivity index (χ2n) is 5.22. The van der Waals surface area contributed by atoms with Crippen molar-refractivity contribution in [2.75, 3.05) is 19.6 Å². The van der Waals surface area contributed by atoms with E-state index in [0.717, 1.165) is 19.0 Å². The van der Waals surface area contributed by atoms with Crippen molar-refractivity contribution in [2.24, 2.45) is 22.1 Å². The van der Waals surface area contributed by atoms with Crippen LogP contribution in [0.25, 0.3) is 0 Å². The number of aliphatic imine (C=N–C) groups is 1.